The predicted molar refractivity (Wildman–Crippen MR) is 64.8 cm³/mol. The maximum Gasteiger partial charge on any atom is 0.415 e. The molecular formula is C14H15F3. The Morgan fingerprint density at radius 3 is 2.35 bits per heavy atom. The van der Waals surface area contributed by atoms with Crippen LogP contribution >= 0.6 is 0 Å². The summed E-state index contributed by atoms with van der Waals surface area (Å²) in [6, 6.07) is 5.72. The summed E-state index contributed by atoms with van der Waals surface area (Å²) in [5.74, 6) is 0. The minimum Gasteiger partial charge on any atom is -0.166 e. The van der Waals surface area contributed by atoms with E-state index >= 15 is 0 Å². The predicted octanol–water partition coefficient (Wildman–Crippen LogP) is 4.83. The molecule has 0 aliphatic heterocycles. The van der Waals surface area contributed by atoms with E-state index in [1.54, 1.807) is 6.92 Å². The van der Waals surface area contributed by atoms with Gasteiger partial charge in [-0.3, -0.25) is 0 Å². The fraction of sp³-hybridized carbons (Fsp3) is 0.286. The largest absolute Gasteiger partial charge is 0.415 e. The highest BCUT2D eigenvalue weighted by Crippen LogP contribution is 2.29. The lowest BCUT2D eigenvalue weighted by Crippen LogP contribution is -2.08. The number of aryl methyl sites for hydroxylation is 2. The van der Waals surface area contributed by atoms with Crippen molar-refractivity contribution in [3.63, 3.8) is 0 Å². The van der Waals surface area contributed by atoms with Gasteiger partial charge in [-0.25, -0.2) is 0 Å². The van der Waals surface area contributed by atoms with Crippen LogP contribution in [0.15, 0.2) is 36.4 Å². The topological polar surface area (TPSA) is 0 Å². The van der Waals surface area contributed by atoms with Crippen molar-refractivity contribution < 1.29 is 13.2 Å². The van der Waals surface area contributed by atoms with E-state index in [-0.39, 0.29) is 0 Å². The van der Waals surface area contributed by atoms with E-state index in [2.05, 4.69) is 6.58 Å². The lowest BCUT2D eigenvalue weighted by atomic mass is 9.98. The highest BCUT2D eigenvalue weighted by atomic mass is 19.4. The number of rotatable bonds is 2. The first-order valence-electron chi connectivity index (χ1n) is 5.24. The van der Waals surface area contributed by atoms with Crippen molar-refractivity contribution in [3.8, 4) is 0 Å². The van der Waals surface area contributed by atoms with Gasteiger partial charge in [-0.1, -0.05) is 30.3 Å². The van der Waals surface area contributed by atoms with Crippen molar-refractivity contribution in [1.29, 1.82) is 0 Å². The number of hydrogen-bond acceptors (Lipinski definition) is 0. The summed E-state index contributed by atoms with van der Waals surface area (Å²) in [5, 5.41) is 0. The molecule has 0 unspecified atom stereocenters. The summed E-state index contributed by atoms with van der Waals surface area (Å²) in [6.45, 7) is 8.50. The Bertz CT molecular complexity index is 465. The minimum absolute atomic E-state index is 0.577. The maximum atomic E-state index is 12.4. The van der Waals surface area contributed by atoms with Crippen molar-refractivity contribution >= 4 is 5.57 Å². The molecule has 0 heterocycles. The maximum absolute atomic E-state index is 12.4. The monoisotopic (exact) mass is 240 g/mol. The number of hydrogen-bond donors (Lipinski definition) is 0. The van der Waals surface area contributed by atoms with Crippen LogP contribution in [0, 0.1) is 13.8 Å². The Hall–Kier alpha value is -1.51. The van der Waals surface area contributed by atoms with Gasteiger partial charge >= 0.3 is 6.18 Å². The minimum atomic E-state index is -4.36. The van der Waals surface area contributed by atoms with Gasteiger partial charge in [0.15, 0.2) is 0 Å². The second-order valence-electron chi connectivity index (χ2n) is 4.17. The van der Waals surface area contributed by atoms with Crippen LogP contribution < -0.4 is 0 Å². The summed E-state index contributed by atoms with van der Waals surface area (Å²) >= 11 is 0. The molecule has 0 saturated heterocycles. The average molecular weight is 240 g/mol. The average Bonchev–Trinajstić information content (AvgIpc) is 2.20. The Morgan fingerprint density at radius 1 is 1.24 bits per heavy atom. The molecule has 1 aromatic rings. The van der Waals surface area contributed by atoms with Gasteiger partial charge in [0.1, 0.15) is 0 Å². The Morgan fingerprint density at radius 2 is 1.82 bits per heavy atom. The molecule has 3 heteroatoms. The first-order chi connectivity index (χ1) is 7.71. The highest BCUT2D eigenvalue weighted by Gasteiger charge is 2.30. The molecule has 0 bridgehead atoms. The van der Waals surface area contributed by atoms with Crippen molar-refractivity contribution in [2.75, 3.05) is 0 Å². The van der Waals surface area contributed by atoms with E-state index < -0.39 is 11.7 Å². The van der Waals surface area contributed by atoms with Crippen LogP contribution in [-0.2, 0) is 0 Å². The Labute approximate surface area is 99.5 Å². The number of allylic oxidation sites excluding steroid dienone is 3. The molecule has 92 valence electrons. The molecule has 0 N–H and O–H groups in total. The van der Waals surface area contributed by atoms with E-state index in [0.29, 0.717) is 5.57 Å². The zero-order valence-electron chi connectivity index (χ0n) is 10.2. The summed E-state index contributed by atoms with van der Waals surface area (Å²) in [4.78, 5) is 0. The molecular weight excluding hydrogens is 225 g/mol. The standard InChI is InChI=1S/C14H15F3/c1-9-5-6-10(2)13(7-9)11(3)8-12(4)14(15,16)17/h5-8H,4H2,1-3H3/b11-8-. The second kappa shape index (κ2) is 4.78. The van der Waals surface area contributed by atoms with Crippen LogP contribution in [0.2, 0.25) is 0 Å². The Kier molecular flexibility index (Phi) is 3.81. The number of benzene rings is 1. The molecule has 0 fully saturated rings. The molecule has 0 spiro atoms. The third kappa shape index (κ3) is 3.48. The SMILES string of the molecule is C=C(/C=C(/C)c1cc(C)ccc1C)C(F)(F)F. The molecule has 0 aliphatic carbocycles. The third-order valence-corrected chi connectivity index (χ3v) is 2.57. The van der Waals surface area contributed by atoms with Crippen LogP contribution in [0.1, 0.15) is 23.6 Å². The zero-order valence-corrected chi connectivity index (χ0v) is 10.2. The van der Waals surface area contributed by atoms with E-state index in [9.17, 15) is 13.2 Å². The first kappa shape index (κ1) is 13.6. The van der Waals surface area contributed by atoms with Gasteiger partial charge in [-0.2, -0.15) is 13.2 Å². The van der Waals surface area contributed by atoms with E-state index in [1.165, 1.54) is 0 Å². The molecule has 0 aromatic heterocycles. The molecule has 17 heavy (non-hydrogen) atoms. The lowest BCUT2D eigenvalue weighted by Gasteiger charge is -2.10. The smallest absolute Gasteiger partial charge is 0.166 e. The fourth-order valence-corrected chi connectivity index (χ4v) is 1.58. The van der Waals surface area contributed by atoms with Crippen molar-refractivity contribution in [3.05, 3.63) is 53.1 Å². The van der Waals surface area contributed by atoms with Gasteiger partial charge < -0.3 is 0 Å². The van der Waals surface area contributed by atoms with Gasteiger partial charge in [0.2, 0.25) is 0 Å². The normalized spacial score (nSPS) is 12.7. The molecule has 0 nitrogen and oxygen atoms in total. The van der Waals surface area contributed by atoms with Gasteiger partial charge in [0.05, 0.1) is 0 Å². The second-order valence-corrected chi connectivity index (χ2v) is 4.17. The third-order valence-electron chi connectivity index (χ3n) is 2.57. The summed E-state index contributed by atoms with van der Waals surface area (Å²) < 4.78 is 37.1. The summed E-state index contributed by atoms with van der Waals surface area (Å²) in [6.07, 6.45) is -3.28. The molecule has 0 amide bonds. The molecule has 0 aliphatic rings. The first-order valence-corrected chi connectivity index (χ1v) is 5.24. The summed E-state index contributed by atoms with van der Waals surface area (Å²) in [7, 11) is 0. The van der Waals surface area contributed by atoms with Crippen molar-refractivity contribution in [1.82, 2.24) is 0 Å². The molecule has 0 radical (unpaired) electrons. The van der Waals surface area contributed by atoms with Crippen LogP contribution in [0.5, 0.6) is 0 Å². The van der Waals surface area contributed by atoms with E-state index in [4.69, 9.17) is 0 Å². The van der Waals surface area contributed by atoms with Crippen molar-refractivity contribution in [2.45, 2.75) is 26.9 Å². The van der Waals surface area contributed by atoms with Crippen molar-refractivity contribution in [2.24, 2.45) is 0 Å². The van der Waals surface area contributed by atoms with Gasteiger partial charge in [-0.05, 0) is 43.5 Å². The molecule has 1 aromatic carbocycles. The summed E-state index contributed by atoms with van der Waals surface area (Å²) in [5.41, 5.74) is 2.56. The lowest BCUT2D eigenvalue weighted by molar-refractivity contribution is -0.0877. The van der Waals surface area contributed by atoms with Gasteiger partial charge in [-0.15, -0.1) is 0 Å². The highest BCUT2D eigenvalue weighted by molar-refractivity contribution is 5.69. The zero-order chi connectivity index (χ0) is 13.2. The van der Waals surface area contributed by atoms with Crippen LogP contribution in [0.3, 0.4) is 0 Å². The molecule has 0 saturated carbocycles. The van der Waals surface area contributed by atoms with Crippen LogP contribution in [0.4, 0.5) is 13.2 Å². The number of alkyl halides is 3. The number of halogens is 3. The van der Waals surface area contributed by atoms with Gasteiger partial charge in [0, 0.05) is 5.57 Å². The quantitative estimate of drug-likeness (QED) is 0.650. The van der Waals surface area contributed by atoms with Crippen LogP contribution in [-0.4, -0.2) is 6.18 Å². The fourth-order valence-electron chi connectivity index (χ4n) is 1.58. The van der Waals surface area contributed by atoms with Crippen LogP contribution in [0.25, 0.3) is 5.57 Å². The Balaban J connectivity index is 3.12. The van der Waals surface area contributed by atoms with Gasteiger partial charge in [0.25, 0.3) is 0 Å². The molecule has 1 rings (SSSR count). The van der Waals surface area contributed by atoms with E-state index in [1.807, 2.05) is 32.0 Å². The molecule has 0 atom stereocenters. The van der Waals surface area contributed by atoms with E-state index in [0.717, 1.165) is 22.8 Å².